The topological polar surface area (TPSA) is 29.9 Å². The number of halogens is 1. The number of hydrogen-bond acceptors (Lipinski definition) is 2. The Balaban J connectivity index is 2.16. The molecule has 18 heavy (non-hydrogen) atoms. The zero-order chi connectivity index (χ0) is 13.0. The van der Waals surface area contributed by atoms with Crippen LogP contribution in [0.15, 0.2) is 35.2 Å². The van der Waals surface area contributed by atoms with Crippen molar-refractivity contribution in [1.29, 1.82) is 0 Å². The summed E-state index contributed by atoms with van der Waals surface area (Å²) in [4.78, 5) is 4.42. The Morgan fingerprint density at radius 2 is 2.22 bits per heavy atom. The Morgan fingerprint density at radius 1 is 1.39 bits per heavy atom. The van der Waals surface area contributed by atoms with Gasteiger partial charge in [0.15, 0.2) is 0 Å². The SMILES string of the molecule is CCCNCc1cn(-c2cc(Br)ccc2C)cn1. The van der Waals surface area contributed by atoms with Gasteiger partial charge in [-0.2, -0.15) is 0 Å². The zero-order valence-electron chi connectivity index (χ0n) is 10.8. The van der Waals surface area contributed by atoms with Crippen LogP contribution in [0.25, 0.3) is 5.69 Å². The maximum atomic E-state index is 4.42. The van der Waals surface area contributed by atoms with E-state index in [0.717, 1.165) is 29.7 Å². The highest BCUT2D eigenvalue weighted by Crippen LogP contribution is 2.20. The van der Waals surface area contributed by atoms with Gasteiger partial charge in [-0.1, -0.05) is 28.9 Å². The van der Waals surface area contributed by atoms with Gasteiger partial charge in [0.2, 0.25) is 0 Å². The molecule has 0 atom stereocenters. The molecule has 0 radical (unpaired) electrons. The van der Waals surface area contributed by atoms with E-state index in [4.69, 9.17) is 0 Å². The number of nitrogens with zero attached hydrogens (tertiary/aromatic N) is 2. The summed E-state index contributed by atoms with van der Waals surface area (Å²) >= 11 is 3.51. The third-order valence-corrected chi connectivity index (χ3v) is 3.31. The van der Waals surface area contributed by atoms with Crippen LogP contribution in [0.5, 0.6) is 0 Å². The average molecular weight is 308 g/mol. The molecular formula is C14H18BrN3. The fourth-order valence-electron chi connectivity index (χ4n) is 1.84. The number of aryl methyl sites for hydroxylation is 1. The maximum absolute atomic E-state index is 4.42. The number of benzene rings is 1. The van der Waals surface area contributed by atoms with Gasteiger partial charge in [-0.15, -0.1) is 0 Å². The summed E-state index contributed by atoms with van der Waals surface area (Å²) in [6.45, 7) is 6.13. The summed E-state index contributed by atoms with van der Waals surface area (Å²) < 4.78 is 3.16. The van der Waals surface area contributed by atoms with Gasteiger partial charge < -0.3 is 9.88 Å². The van der Waals surface area contributed by atoms with Crippen molar-refractivity contribution in [2.24, 2.45) is 0 Å². The van der Waals surface area contributed by atoms with Gasteiger partial charge in [0.1, 0.15) is 0 Å². The predicted molar refractivity (Wildman–Crippen MR) is 78.0 cm³/mol. The second-order valence-corrected chi connectivity index (χ2v) is 5.30. The van der Waals surface area contributed by atoms with Crippen molar-refractivity contribution in [1.82, 2.24) is 14.9 Å². The molecule has 0 aliphatic carbocycles. The highest BCUT2D eigenvalue weighted by atomic mass is 79.9. The van der Waals surface area contributed by atoms with E-state index in [9.17, 15) is 0 Å². The van der Waals surface area contributed by atoms with E-state index in [2.05, 4.69) is 69.0 Å². The summed E-state index contributed by atoms with van der Waals surface area (Å²) in [6.07, 6.45) is 5.10. The van der Waals surface area contributed by atoms with Crippen molar-refractivity contribution in [3.8, 4) is 5.69 Å². The van der Waals surface area contributed by atoms with Gasteiger partial charge in [-0.05, 0) is 37.6 Å². The first-order valence-corrected chi connectivity index (χ1v) is 7.00. The predicted octanol–water partition coefficient (Wildman–Crippen LogP) is 3.44. The summed E-state index contributed by atoms with van der Waals surface area (Å²) in [7, 11) is 0. The molecule has 1 heterocycles. The van der Waals surface area contributed by atoms with E-state index in [-0.39, 0.29) is 0 Å². The number of aromatic nitrogens is 2. The molecule has 1 aromatic heterocycles. The Labute approximate surface area is 116 Å². The molecular weight excluding hydrogens is 290 g/mol. The van der Waals surface area contributed by atoms with Crippen molar-refractivity contribution in [3.63, 3.8) is 0 Å². The lowest BCUT2D eigenvalue weighted by Gasteiger charge is -2.06. The van der Waals surface area contributed by atoms with Gasteiger partial charge in [0, 0.05) is 17.2 Å². The zero-order valence-corrected chi connectivity index (χ0v) is 12.4. The van der Waals surface area contributed by atoms with Crippen LogP contribution in [0.1, 0.15) is 24.6 Å². The van der Waals surface area contributed by atoms with Crippen LogP contribution in [0, 0.1) is 6.92 Å². The second-order valence-electron chi connectivity index (χ2n) is 4.38. The number of nitrogens with one attached hydrogen (secondary N) is 1. The molecule has 4 heteroatoms. The van der Waals surface area contributed by atoms with Crippen LogP contribution in [-0.4, -0.2) is 16.1 Å². The van der Waals surface area contributed by atoms with E-state index in [0.29, 0.717) is 0 Å². The summed E-state index contributed by atoms with van der Waals surface area (Å²) in [5.74, 6) is 0. The summed E-state index contributed by atoms with van der Waals surface area (Å²) in [5, 5.41) is 3.36. The second kappa shape index (κ2) is 6.16. The standard InChI is InChI=1S/C14H18BrN3/c1-3-6-16-8-13-9-18(10-17-13)14-7-12(15)5-4-11(14)2/h4-5,7,9-10,16H,3,6,8H2,1-2H3. The Kier molecular flexibility index (Phi) is 4.55. The lowest BCUT2D eigenvalue weighted by Crippen LogP contribution is -2.13. The van der Waals surface area contributed by atoms with Crippen molar-refractivity contribution < 1.29 is 0 Å². The third kappa shape index (κ3) is 3.21. The molecule has 96 valence electrons. The lowest BCUT2D eigenvalue weighted by molar-refractivity contribution is 0.666. The van der Waals surface area contributed by atoms with Gasteiger partial charge >= 0.3 is 0 Å². The summed E-state index contributed by atoms with van der Waals surface area (Å²) in [5.41, 5.74) is 3.48. The molecule has 0 fully saturated rings. The van der Waals surface area contributed by atoms with E-state index in [1.165, 1.54) is 11.3 Å². The number of hydrogen-bond donors (Lipinski definition) is 1. The minimum atomic E-state index is 0.827. The van der Waals surface area contributed by atoms with Crippen LogP contribution in [0.2, 0.25) is 0 Å². The molecule has 0 aliphatic rings. The van der Waals surface area contributed by atoms with E-state index in [1.54, 1.807) is 0 Å². The Hall–Kier alpha value is -1.13. The first-order valence-electron chi connectivity index (χ1n) is 6.21. The van der Waals surface area contributed by atoms with E-state index < -0.39 is 0 Å². The fraction of sp³-hybridized carbons (Fsp3) is 0.357. The van der Waals surface area contributed by atoms with Crippen LogP contribution >= 0.6 is 15.9 Å². The number of rotatable bonds is 5. The normalized spacial score (nSPS) is 10.8. The van der Waals surface area contributed by atoms with Crippen molar-refractivity contribution in [3.05, 3.63) is 46.5 Å². The quantitative estimate of drug-likeness (QED) is 0.858. The summed E-state index contributed by atoms with van der Waals surface area (Å²) in [6, 6.07) is 6.27. The molecule has 0 saturated heterocycles. The average Bonchev–Trinajstić information content (AvgIpc) is 2.81. The smallest absolute Gasteiger partial charge is 0.0995 e. The first-order chi connectivity index (χ1) is 8.70. The molecule has 2 rings (SSSR count). The minimum Gasteiger partial charge on any atom is -0.311 e. The largest absolute Gasteiger partial charge is 0.311 e. The molecule has 1 aromatic carbocycles. The van der Waals surface area contributed by atoms with Gasteiger partial charge in [-0.3, -0.25) is 0 Å². The fourth-order valence-corrected chi connectivity index (χ4v) is 2.19. The molecule has 0 bridgehead atoms. The maximum Gasteiger partial charge on any atom is 0.0995 e. The number of imidazole rings is 1. The van der Waals surface area contributed by atoms with Gasteiger partial charge in [-0.25, -0.2) is 4.98 Å². The minimum absolute atomic E-state index is 0.827. The molecule has 2 aromatic rings. The first kappa shape index (κ1) is 13.3. The van der Waals surface area contributed by atoms with Crippen molar-refractivity contribution in [2.75, 3.05) is 6.54 Å². The highest BCUT2D eigenvalue weighted by Gasteiger charge is 2.04. The molecule has 3 nitrogen and oxygen atoms in total. The molecule has 0 aliphatic heterocycles. The highest BCUT2D eigenvalue weighted by molar-refractivity contribution is 9.10. The van der Waals surface area contributed by atoms with Crippen LogP contribution in [0.4, 0.5) is 0 Å². The van der Waals surface area contributed by atoms with Crippen molar-refractivity contribution >= 4 is 15.9 Å². The Bertz CT molecular complexity index is 520. The van der Waals surface area contributed by atoms with Gasteiger partial charge in [0.05, 0.1) is 17.7 Å². The van der Waals surface area contributed by atoms with Crippen LogP contribution in [-0.2, 0) is 6.54 Å². The molecule has 1 N–H and O–H groups in total. The molecule has 0 amide bonds. The monoisotopic (exact) mass is 307 g/mol. The van der Waals surface area contributed by atoms with Crippen LogP contribution < -0.4 is 5.32 Å². The third-order valence-electron chi connectivity index (χ3n) is 2.82. The van der Waals surface area contributed by atoms with Crippen molar-refractivity contribution in [2.45, 2.75) is 26.8 Å². The van der Waals surface area contributed by atoms with Gasteiger partial charge in [0.25, 0.3) is 0 Å². The Morgan fingerprint density at radius 3 is 3.00 bits per heavy atom. The van der Waals surface area contributed by atoms with E-state index >= 15 is 0 Å². The molecule has 0 saturated carbocycles. The molecule has 0 spiro atoms. The van der Waals surface area contributed by atoms with E-state index in [1.807, 2.05) is 6.33 Å². The molecule has 0 unspecified atom stereocenters. The van der Waals surface area contributed by atoms with Crippen LogP contribution in [0.3, 0.4) is 0 Å². The lowest BCUT2D eigenvalue weighted by atomic mass is 10.2.